The molecule has 1 aromatic carbocycles. The summed E-state index contributed by atoms with van der Waals surface area (Å²) in [4.78, 5) is 6.61. The van der Waals surface area contributed by atoms with Gasteiger partial charge >= 0.3 is 0 Å². The van der Waals surface area contributed by atoms with Gasteiger partial charge in [0, 0.05) is 36.7 Å². The van der Waals surface area contributed by atoms with Gasteiger partial charge < -0.3 is 10.2 Å². The summed E-state index contributed by atoms with van der Waals surface area (Å²) < 4.78 is 0. The molecule has 0 spiro atoms. The van der Waals surface area contributed by atoms with E-state index in [1.807, 2.05) is 19.2 Å². The Kier molecular flexibility index (Phi) is 7.99. The van der Waals surface area contributed by atoms with Gasteiger partial charge in [0.05, 0.1) is 0 Å². The first-order valence-corrected chi connectivity index (χ1v) is 7.35. The Hall–Kier alpha value is -0.200. The van der Waals surface area contributed by atoms with Crippen molar-refractivity contribution in [3.63, 3.8) is 0 Å². The molecular weight excluding hydrogens is 408 g/mol. The second-order valence-corrected chi connectivity index (χ2v) is 5.57. The van der Waals surface area contributed by atoms with Gasteiger partial charge in [-0.15, -0.1) is 24.0 Å². The third-order valence-electron chi connectivity index (χ3n) is 3.24. The number of benzene rings is 1. The molecule has 0 atom stereocenters. The van der Waals surface area contributed by atoms with Crippen LogP contribution in [0.5, 0.6) is 0 Å². The van der Waals surface area contributed by atoms with E-state index in [1.165, 1.54) is 12.8 Å². The molecule has 112 valence electrons. The van der Waals surface area contributed by atoms with Gasteiger partial charge in [-0.2, -0.15) is 0 Å². The lowest BCUT2D eigenvalue weighted by atomic mass is 10.1. The highest BCUT2D eigenvalue weighted by Crippen LogP contribution is 2.19. The molecule has 3 nitrogen and oxygen atoms in total. The molecule has 1 fully saturated rings. The Bertz CT molecular complexity index is 439. The van der Waals surface area contributed by atoms with Gasteiger partial charge in [-0.05, 0) is 43.0 Å². The van der Waals surface area contributed by atoms with Gasteiger partial charge in [0.15, 0.2) is 5.96 Å². The summed E-state index contributed by atoms with van der Waals surface area (Å²) in [6, 6.07) is 5.66. The van der Waals surface area contributed by atoms with Gasteiger partial charge in [-0.25, -0.2) is 0 Å². The summed E-state index contributed by atoms with van der Waals surface area (Å²) in [6.07, 6.45) is 3.39. The summed E-state index contributed by atoms with van der Waals surface area (Å²) in [5.41, 5.74) is 1.14. The molecule has 1 aliphatic heterocycles. The van der Waals surface area contributed by atoms with Crippen molar-refractivity contribution < 1.29 is 0 Å². The molecule has 0 saturated carbocycles. The fourth-order valence-corrected chi connectivity index (χ4v) is 2.91. The molecular formula is C14H20Cl2IN3. The standard InChI is InChI=1S/C14H19Cl2N3.HI/c1-17-14(19-6-2-3-7-19)18-5-4-11-8-12(15)10-13(16)9-11;/h8-10H,2-7H2,1H3,(H,17,18);1H. The molecule has 0 unspecified atom stereocenters. The van der Waals surface area contributed by atoms with Crippen molar-refractivity contribution in [1.29, 1.82) is 0 Å². The second kappa shape index (κ2) is 8.95. The maximum Gasteiger partial charge on any atom is 0.193 e. The predicted molar refractivity (Wildman–Crippen MR) is 97.7 cm³/mol. The molecule has 0 bridgehead atoms. The maximum absolute atomic E-state index is 5.99. The summed E-state index contributed by atoms with van der Waals surface area (Å²) in [5.74, 6) is 0.991. The normalized spacial score (nSPS) is 15.2. The van der Waals surface area contributed by atoms with Gasteiger partial charge in [-0.1, -0.05) is 23.2 Å². The SMILES string of the molecule is CN=C(NCCc1cc(Cl)cc(Cl)c1)N1CCCC1.I. The third-order valence-corrected chi connectivity index (χ3v) is 3.67. The molecule has 0 radical (unpaired) electrons. The van der Waals surface area contributed by atoms with Crippen LogP contribution >= 0.6 is 47.2 Å². The molecule has 1 saturated heterocycles. The Morgan fingerprint density at radius 2 is 1.80 bits per heavy atom. The zero-order valence-electron chi connectivity index (χ0n) is 11.5. The van der Waals surface area contributed by atoms with Crippen LogP contribution in [0.4, 0.5) is 0 Å². The number of guanidine groups is 1. The van der Waals surface area contributed by atoms with Crippen LogP contribution in [0, 0.1) is 0 Å². The monoisotopic (exact) mass is 427 g/mol. The minimum Gasteiger partial charge on any atom is -0.356 e. The Morgan fingerprint density at radius 3 is 2.35 bits per heavy atom. The number of nitrogens with one attached hydrogen (secondary N) is 1. The highest BCUT2D eigenvalue weighted by molar-refractivity contribution is 14.0. The average Bonchev–Trinajstić information content (AvgIpc) is 2.87. The minimum atomic E-state index is 0. The van der Waals surface area contributed by atoms with Crippen molar-refractivity contribution in [2.45, 2.75) is 19.3 Å². The van der Waals surface area contributed by atoms with E-state index in [4.69, 9.17) is 23.2 Å². The van der Waals surface area contributed by atoms with Crippen molar-refractivity contribution in [2.75, 3.05) is 26.7 Å². The lowest BCUT2D eigenvalue weighted by Crippen LogP contribution is -2.40. The van der Waals surface area contributed by atoms with Crippen molar-refractivity contribution in [3.8, 4) is 0 Å². The molecule has 1 N–H and O–H groups in total. The Morgan fingerprint density at radius 1 is 1.20 bits per heavy atom. The number of aliphatic imine (C=N–C) groups is 1. The lowest BCUT2D eigenvalue weighted by molar-refractivity contribution is 0.494. The molecule has 0 aliphatic carbocycles. The Labute approximate surface area is 147 Å². The van der Waals surface area contributed by atoms with E-state index in [2.05, 4.69) is 15.2 Å². The van der Waals surface area contributed by atoms with E-state index < -0.39 is 0 Å². The van der Waals surface area contributed by atoms with Crippen molar-refractivity contribution in [1.82, 2.24) is 10.2 Å². The fourth-order valence-electron chi connectivity index (χ4n) is 2.34. The van der Waals surface area contributed by atoms with Crippen LogP contribution < -0.4 is 5.32 Å². The maximum atomic E-state index is 5.99. The number of hydrogen-bond donors (Lipinski definition) is 1. The Balaban J connectivity index is 0.00000200. The van der Waals surface area contributed by atoms with E-state index in [1.54, 1.807) is 6.07 Å². The number of likely N-dealkylation sites (tertiary alicyclic amines) is 1. The van der Waals surface area contributed by atoms with E-state index in [9.17, 15) is 0 Å². The third kappa shape index (κ3) is 5.30. The summed E-state index contributed by atoms with van der Waals surface area (Å²) in [6.45, 7) is 3.03. The van der Waals surface area contributed by atoms with Crippen LogP contribution in [0.2, 0.25) is 10.0 Å². The van der Waals surface area contributed by atoms with Crippen LogP contribution in [0.3, 0.4) is 0 Å². The summed E-state index contributed by atoms with van der Waals surface area (Å²) in [5, 5.41) is 4.76. The first-order chi connectivity index (χ1) is 9.19. The minimum absolute atomic E-state index is 0. The fraction of sp³-hybridized carbons (Fsp3) is 0.500. The first-order valence-electron chi connectivity index (χ1n) is 6.59. The second-order valence-electron chi connectivity index (χ2n) is 4.70. The highest BCUT2D eigenvalue weighted by atomic mass is 127. The van der Waals surface area contributed by atoms with Gasteiger partial charge in [0.2, 0.25) is 0 Å². The van der Waals surface area contributed by atoms with Crippen LogP contribution in [0.25, 0.3) is 0 Å². The molecule has 6 heteroatoms. The lowest BCUT2D eigenvalue weighted by Gasteiger charge is -2.20. The van der Waals surface area contributed by atoms with Crippen LogP contribution in [-0.2, 0) is 6.42 Å². The molecule has 20 heavy (non-hydrogen) atoms. The zero-order chi connectivity index (χ0) is 13.7. The van der Waals surface area contributed by atoms with Crippen LogP contribution in [0.15, 0.2) is 23.2 Å². The topological polar surface area (TPSA) is 27.6 Å². The number of nitrogens with zero attached hydrogens (tertiary/aromatic N) is 2. The number of rotatable bonds is 3. The van der Waals surface area contributed by atoms with E-state index in [0.29, 0.717) is 10.0 Å². The van der Waals surface area contributed by atoms with Gasteiger partial charge in [0.25, 0.3) is 0 Å². The highest BCUT2D eigenvalue weighted by Gasteiger charge is 2.14. The van der Waals surface area contributed by atoms with Crippen molar-refractivity contribution in [3.05, 3.63) is 33.8 Å². The molecule has 1 aliphatic rings. The van der Waals surface area contributed by atoms with Crippen molar-refractivity contribution >= 4 is 53.1 Å². The van der Waals surface area contributed by atoms with Crippen molar-refractivity contribution in [2.24, 2.45) is 4.99 Å². The summed E-state index contributed by atoms with van der Waals surface area (Å²) in [7, 11) is 1.83. The van der Waals surface area contributed by atoms with Crippen LogP contribution in [0.1, 0.15) is 18.4 Å². The summed E-state index contributed by atoms with van der Waals surface area (Å²) >= 11 is 12.0. The number of hydrogen-bond acceptors (Lipinski definition) is 1. The molecule has 2 rings (SSSR count). The van der Waals surface area contributed by atoms with Gasteiger partial charge in [0.1, 0.15) is 0 Å². The molecule has 0 aromatic heterocycles. The molecule has 1 aromatic rings. The molecule has 0 amide bonds. The quantitative estimate of drug-likeness (QED) is 0.451. The number of halogens is 3. The first kappa shape index (κ1) is 17.9. The zero-order valence-corrected chi connectivity index (χ0v) is 15.4. The predicted octanol–water partition coefficient (Wildman–Crippen LogP) is 3.83. The largest absolute Gasteiger partial charge is 0.356 e. The molecule has 1 heterocycles. The van der Waals surface area contributed by atoms with E-state index >= 15 is 0 Å². The van der Waals surface area contributed by atoms with Gasteiger partial charge in [-0.3, -0.25) is 4.99 Å². The average molecular weight is 428 g/mol. The van der Waals surface area contributed by atoms with E-state index in [0.717, 1.165) is 37.6 Å². The van der Waals surface area contributed by atoms with Crippen LogP contribution in [-0.4, -0.2) is 37.5 Å². The van der Waals surface area contributed by atoms with E-state index in [-0.39, 0.29) is 24.0 Å². The smallest absolute Gasteiger partial charge is 0.193 e.